The standard InChI is InChI=1S/C62H55IN2O10/c63-54-35-51(37-56(60(67)73-41-47-25-13-4-14-26-47)65-62(69)75-43-49-29-17-6-18-30-49)34-53(58(54)71-39-45-21-9-2-10-22-45)52-33-50(31-32-57(52)70-38-44-19-7-1-8-20-44)36-55(59(66)72-40-46-23-11-3-12-24-46)64-61(68)74-42-48-27-15-5-16-28-48/h1-35,55-56H,36-43H2,(H,64,68)(H,65,69)/t55-,56-/m0/s1. The van der Waals surface area contributed by atoms with Crippen LogP contribution in [0.4, 0.5) is 9.59 Å². The summed E-state index contributed by atoms with van der Waals surface area (Å²) in [5.41, 5.74) is 7.46. The molecule has 380 valence electrons. The molecule has 0 spiro atoms. The molecule has 0 aliphatic heterocycles. The summed E-state index contributed by atoms with van der Waals surface area (Å²) in [6, 6.07) is 63.5. The first kappa shape index (κ1) is 52.9. The summed E-state index contributed by atoms with van der Waals surface area (Å²) in [5.74, 6) is -0.319. The van der Waals surface area contributed by atoms with E-state index in [1.54, 1.807) is 0 Å². The van der Waals surface area contributed by atoms with Gasteiger partial charge in [-0.3, -0.25) is 0 Å². The molecule has 2 atom stereocenters. The van der Waals surface area contributed by atoms with Crippen molar-refractivity contribution in [3.05, 3.63) is 260 Å². The van der Waals surface area contributed by atoms with Crippen LogP contribution in [0.1, 0.15) is 44.5 Å². The van der Waals surface area contributed by atoms with Crippen LogP contribution in [-0.4, -0.2) is 36.2 Å². The highest BCUT2D eigenvalue weighted by atomic mass is 127. The van der Waals surface area contributed by atoms with E-state index in [1.807, 2.05) is 212 Å². The van der Waals surface area contributed by atoms with Gasteiger partial charge in [-0.1, -0.05) is 188 Å². The van der Waals surface area contributed by atoms with Gasteiger partial charge >= 0.3 is 24.1 Å². The molecule has 12 nitrogen and oxygen atoms in total. The quantitative estimate of drug-likeness (QED) is 0.0360. The maximum atomic E-state index is 14.1. The number of halogens is 1. The van der Waals surface area contributed by atoms with Crippen molar-refractivity contribution in [3.8, 4) is 22.6 Å². The number of carbonyl (C=O) groups is 4. The zero-order valence-corrected chi connectivity index (χ0v) is 43.1. The van der Waals surface area contributed by atoms with Crippen LogP contribution in [0.15, 0.2) is 212 Å². The number of ether oxygens (including phenoxy) is 6. The molecule has 0 aliphatic rings. The van der Waals surface area contributed by atoms with E-state index in [0.29, 0.717) is 37.3 Å². The number of hydrogen-bond donors (Lipinski definition) is 2. The maximum absolute atomic E-state index is 14.1. The first-order valence-electron chi connectivity index (χ1n) is 24.4. The fourth-order valence-electron chi connectivity index (χ4n) is 7.95. The summed E-state index contributed by atoms with van der Waals surface area (Å²) in [5, 5.41) is 5.54. The van der Waals surface area contributed by atoms with Gasteiger partial charge in [-0.05, 0) is 91.4 Å². The molecule has 8 aromatic rings. The largest absolute Gasteiger partial charge is 0.488 e. The van der Waals surface area contributed by atoms with E-state index in [4.69, 9.17) is 28.4 Å². The lowest BCUT2D eigenvalue weighted by Crippen LogP contribution is -2.43. The second kappa shape index (κ2) is 27.6. The van der Waals surface area contributed by atoms with Crippen molar-refractivity contribution in [2.45, 2.75) is 64.6 Å². The predicted octanol–water partition coefficient (Wildman–Crippen LogP) is 12.3. The Morgan fingerprint density at radius 3 is 1.12 bits per heavy atom. The van der Waals surface area contributed by atoms with Gasteiger partial charge in [0.05, 0.1) is 3.57 Å². The van der Waals surface area contributed by atoms with Crippen molar-refractivity contribution in [2.24, 2.45) is 0 Å². The lowest BCUT2D eigenvalue weighted by molar-refractivity contribution is -0.148. The number of carbonyl (C=O) groups excluding carboxylic acids is 4. The number of benzene rings is 8. The highest BCUT2D eigenvalue weighted by Gasteiger charge is 2.28. The van der Waals surface area contributed by atoms with E-state index >= 15 is 0 Å². The molecule has 0 radical (unpaired) electrons. The smallest absolute Gasteiger partial charge is 0.408 e. The van der Waals surface area contributed by atoms with Crippen molar-refractivity contribution >= 4 is 46.7 Å². The molecule has 0 fully saturated rings. The molecular weight excluding hydrogens is 1060 g/mol. The molecule has 8 rings (SSSR count). The van der Waals surface area contributed by atoms with Gasteiger partial charge in [0, 0.05) is 24.0 Å². The van der Waals surface area contributed by atoms with Crippen molar-refractivity contribution in [3.63, 3.8) is 0 Å². The maximum Gasteiger partial charge on any atom is 0.408 e. The van der Waals surface area contributed by atoms with Crippen molar-refractivity contribution in [1.29, 1.82) is 0 Å². The van der Waals surface area contributed by atoms with Gasteiger partial charge < -0.3 is 39.1 Å². The summed E-state index contributed by atoms with van der Waals surface area (Å²) < 4.78 is 36.9. The lowest BCUT2D eigenvalue weighted by atomic mass is 9.94. The molecule has 0 unspecified atom stereocenters. The number of hydrogen-bond acceptors (Lipinski definition) is 10. The molecule has 2 amide bonds. The van der Waals surface area contributed by atoms with Crippen LogP contribution in [-0.2, 0) is 81.0 Å². The third kappa shape index (κ3) is 16.5. The van der Waals surface area contributed by atoms with Gasteiger partial charge in [-0.2, -0.15) is 0 Å². The Balaban J connectivity index is 1.16. The Morgan fingerprint density at radius 2 is 0.707 bits per heavy atom. The van der Waals surface area contributed by atoms with Crippen LogP contribution < -0.4 is 20.1 Å². The van der Waals surface area contributed by atoms with Gasteiger partial charge in [0.1, 0.15) is 63.2 Å². The number of alkyl carbamates (subject to hydrolysis) is 2. The van der Waals surface area contributed by atoms with E-state index in [2.05, 4.69) is 33.2 Å². The van der Waals surface area contributed by atoms with E-state index in [9.17, 15) is 19.2 Å². The Labute approximate surface area is 450 Å². The monoisotopic (exact) mass is 1110 g/mol. The molecule has 0 saturated heterocycles. The van der Waals surface area contributed by atoms with Gasteiger partial charge in [0.2, 0.25) is 0 Å². The minimum absolute atomic E-state index is 0.000263. The number of rotatable bonds is 23. The zero-order valence-electron chi connectivity index (χ0n) is 41.0. The van der Waals surface area contributed by atoms with Crippen LogP contribution in [0.2, 0.25) is 0 Å². The zero-order chi connectivity index (χ0) is 52.0. The Bertz CT molecular complexity index is 3100. The van der Waals surface area contributed by atoms with Crippen molar-refractivity contribution in [1.82, 2.24) is 10.6 Å². The molecular formula is C62H55IN2O10. The van der Waals surface area contributed by atoms with Crippen LogP contribution in [0.25, 0.3) is 11.1 Å². The average molecular weight is 1120 g/mol. The van der Waals surface area contributed by atoms with Gasteiger partial charge in [-0.15, -0.1) is 0 Å². The van der Waals surface area contributed by atoms with Crippen LogP contribution in [0.5, 0.6) is 11.5 Å². The van der Waals surface area contributed by atoms with Crippen molar-refractivity contribution in [2.75, 3.05) is 0 Å². The number of nitrogens with one attached hydrogen (secondary N) is 2. The fourth-order valence-corrected chi connectivity index (χ4v) is 8.80. The Morgan fingerprint density at radius 1 is 0.360 bits per heavy atom. The number of amides is 2. The molecule has 0 heterocycles. The summed E-state index contributed by atoms with van der Waals surface area (Å²) in [7, 11) is 0. The second-order valence-electron chi connectivity index (χ2n) is 17.4. The minimum Gasteiger partial charge on any atom is -0.488 e. The van der Waals surface area contributed by atoms with Crippen LogP contribution >= 0.6 is 22.6 Å². The SMILES string of the molecule is O=C(N[C@@H](Cc1ccc(OCc2ccccc2)c(-c2cc(C[C@H](NC(=O)OCc3ccccc3)C(=O)OCc3ccccc3)cc(I)c2OCc2ccccc2)c1)C(=O)OCc1ccccc1)OCc1ccccc1. The lowest BCUT2D eigenvalue weighted by Gasteiger charge is -2.22. The van der Waals surface area contributed by atoms with Crippen LogP contribution in [0, 0.1) is 3.57 Å². The highest BCUT2D eigenvalue weighted by Crippen LogP contribution is 2.42. The summed E-state index contributed by atoms with van der Waals surface area (Å²) in [6.07, 6.45) is -1.59. The molecule has 75 heavy (non-hydrogen) atoms. The van der Waals surface area contributed by atoms with E-state index < -0.39 is 36.2 Å². The van der Waals surface area contributed by atoms with Crippen LogP contribution in [0.3, 0.4) is 0 Å². The third-order valence-electron chi connectivity index (χ3n) is 11.8. The minimum atomic E-state index is -1.17. The normalized spacial score (nSPS) is 11.5. The van der Waals surface area contributed by atoms with Gasteiger partial charge in [0.25, 0.3) is 0 Å². The molecule has 0 aromatic heterocycles. The summed E-state index contributed by atoms with van der Waals surface area (Å²) >= 11 is 2.22. The molecule has 0 bridgehead atoms. The predicted molar refractivity (Wildman–Crippen MR) is 293 cm³/mol. The average Bonchev–Trinajstić information content (AvgIpc) is 3.45. The highest BCUT2D eigenvalue weighted by molar-refractivity contribution is 14.1. The van der Waals surface area contributed by atoms with E-state index in [-0.39, 0.29) is 52.5 Å². The summed E-state index contributed by atoms with van der Waals surface area (Å²) in [6.45, 7) is 0.400. The van der Waals surface area contributed by atoms with Crippen molar-refractivity contribution < 1.29 is 47.6 Å². The second-order valence-corrected chi connectivity index (χ2v) is 18.6. The summed E-state index contributed by atoms with van der Waals surface area (Å²) in [4.78, 5) is 55.0. The van der Waals surface area contributed by atoms with E-state index in [1.165, 1.54) is 0 Å². The fraction of sp³-hybridized carbons (Fsp3) is 0.161. The first-order valence-corrected chi connectivity index (χ1v) is 25.4. The molecule has 2 N–H and O–H groups in total. The van der Waals surface area contributed by atoms with Gasteiger partial charge in [0.15, 0.2) is 0 Å². The molecule has 0 aliphatic carbocycles. The molecule has 0 saturated carbocycles. The topological polar surface area (TPSA) is 148 Å². The Hall–Kier alpha value is -8.43. The molecule has 8 aromatic carbocycles. The first-order chi connectivity index (χ1) is 36.7. The van der Waals surface area contributed by atoms with E-state index in [0.717, 1.165) is 33.4 Å². The number of esters is 2. The Kier molecular flexibility index (Phi) is 19.4. The van der Waals surface area contributed by atoms with Gasteiger partial charge in [-0.25, -0.2) is 19.2 Å². The third-order valence-corrected chi connectivity index (χ3v) is 12.6. The molecule has 13 heteroatoms.